The van der Waals surface area contributed by atoms with Gasteiger partial charge in [0.15, 0.2) is 5.75 Å². The summed E-state index contributed by atoms with van der Waals surface area (Å²) in [7, 11) is 0. The molecule has 0 bridgehead atoms. The number of halogens is 2. The Kier molecular flexibility index (Phi) is 2.76. The number of anilines is 1. The summed E-state index contributed by atoms with van der Waals surface area (Å²) in [6, 6.07) is 3.21. The maximum Gasteiger partial charge on any atom is 0.228 e. The molecule has 0 fully saturated rings. The van der Waals surface area contributed by atoms with Crippen LogP contribution in [0.2, 0.25) is 10.0 Å². The number of rotatable bonds is 0. The van der Waals surface area contributed by atoms with Crippen LogP contribution in [0.15, 0.2) is 12.1 Å². The molecular formula is C10H9Cl2NO2. The van der Waals surface area contributed by atoms with E-state index in [4.69, 9.17) is 27.9 Å². The fourth-order valence-corrected chi connectivity index (χ4v) is 2.02. The first-order chi connectivity index (χ1) is 7.06. The van der Waals surface area contributed by atoms with Crippen LogP contribution in [0, 0.1) is 0 Å². The summed E-state index contributed by atoms with van der Waals surface area (Å²) in [6.45, 7) is 1.82. The van der Waals surface area contributed by atoms with Crippen molar-refractivity contribution >= 4 is 34.8 Å². The zero-order valence-corrected chi connectivity index (χ0v) is 9.52. The lowest BCUT2D eigenvalue weighted by atomic mass is 10.3. The second-order valence-corrected chi connectivity index (χ2v) is 4.29. The van der Waals surface area contributed by atoms with Crippen molar-refractivity contribution in [1.29, 1.82) is 0 Å². The number of amides is 1. The summed E-state index contributed by atoms with van der Waals surface area (Å²) in [5.41, 5.74) is 0.529. The molecule has 0 saturated heterocycles. The van der Waals surface area contributed by atoms with Gasteiger partial charge in [-0.25, -0.2) is 0 Å². The first kappa shape index (κ1) is 10.6. The average Bonchev–Trinajstić information content (AvgIpc) is 2.22. The Morgan fingerprint density at radius 3 is 2.93 bits per heavy atom. The van der Waals surface area contributed by atoms with Gasteiger partial charge >= 0.3 is 0 Å². The van der Waals surface area contributed by atoms with Gasteiger partial charge in [0.2, 0.25) is 5.91 Å². The van der Waals surface area contributed by atoms with Crippen molar-refractivity contribution in [1.82, 2.24) is 0 Å². The minimum Gasteiger partial charge on any atom is -0.486 e. The maximum absolute atomic E-state index is 11.4. The van der Waals surface area contributed by atoms with Gasteiger partial charge in [-0.1, -0.05) is 23.2 Å². The van der Waals surface area contributed by atoms with Crippen LogP contribution in [0.25, 0.3) is 0 Å². The van der Waals surface area contributed by atoms with Crippen LogP contribution in [-0.2, 0) is 4.79 Å². The van der Waals surface area contributed by atoms with Crippen LogP contribution in [-0.4, -0.2) is 12.0 Å². The van der Waals surface area contributed by atoms with E-state index in [-0.39, 0.29) is 12.0 Å². The Hall–Kier alpha value is -0.930. The van der Waals surface area contributed by atoms with Crippen LogP contribution >= 0.6 is 23.2 Å². The lowest BCUT2D eigenvalue weighted by molar-refractivity contribution is -0.117. The molecule has 1 atom stereocenters. The molecular weight excluding hydrogens is 237 g/mol. The van der Waals surface area contributed by atoms with E-state index < -0.39 is 0 Å². The molecule has 0 aromatic heterocycles. The Bertz CT molecular complexity index is 420. The summed E-state index contributed by atoms with van der Waals surface area (Å²) in [5.74, 6) is 0.388. The number of hydrogen-bond donors (Lipinski definition) is 1. The number of ether oxygens (including phenoxy) is 1. The summed E-state index contributed by atoms with van der Waals surface area (Å²) in [4.78, 5) is 11.4. The van der Waals surface area contributed by atoms with Crippen molar-refractivity contribution in [3.05, 3.63) is 22.2 Å². The highest BCUT2D eigenvalue weighted by Crippen LogP contribution is 2.38. The molecule has 80 valence electrons. The van der Waals surface area contributed by atoms with Crippen molar-refractivity contribution < 1.29 is 9.53 Å². The molecule has 15 heavy (non-hydrogen) atoms. The number of carbonyl (C=O) groups is 1. The molecule has 0 spiro atoms. The van der Waals surface area contributed by atoms with Gasteiger partial charge in [0.1, 0.15) is 6.10 Å². The average molecular weight is 246 g/mol. The number of fused-ring (bicyclic) bond motifs is 1. The van der Waals surface area contributed by atoms with Crippen LogP contribution in [0.1, 0.15) is 13.3 Å². The molecule has 1 aromatic carbocycles. The van der Waals surface area contributed by atoms with Gasteiger partial charge in [0, 0.05) is 5.02 Å². The predicted octanol–water partition coefficient (Wildman–Crippen LogP) is 3.10. The predicted molar refractivity (Wildman–Crippen MR) is 59.8 cm³/mol. The summed E-state index contributed by atoms with van der Waals surface area (Å²) in [6.07, 6.45) is 0.118. The van der Waals surface area contributed by atoms with Crippen LogP contribution in [0.3, 0.4) is 0 Å². The van der Waals surface area contributed by atoms with Crippen molar-refractivity contribution in [3.63, 3.8) is 0 Å². The Balaban J connectivity index is 2.50. The highest BCUT2D eigenvalue weighted by molar-refractivity contribution is 6.36. The number of benzene rings is 1. The molecule has 3 nitrogen and oxygen atoms in total. The third kappa shape index (κ3) is 2.19. The molecule has 1 N–H and O–H groups in total. The second kappa shape index (κ2) is 3.91. The minimum absolute atomic E-state index is 0.0976. The highest BCUT2D eigenvalue weighted by Gasteiger charge is 2.21. The van der Waals surface area contributed by atoms with Gasteiger partial charge < -0.3 is 10.1 Å². The maximum atomic E-state index is 11.4. The van der Waals surface area contributed by atoms with E-state index in [2.05, 4.69) is 5.32 Å². The fraction of sp³-hybridized carbons (Fsp3) is 0.300. The fourth-order valence-electron chi connectivity index (χ4n) is 1.48. The van der Waals surface area contributed by atoms with E-state index in [1.54, 1.807) is 12.1 Å². The van der Waals surface area contributed by atoms with E-state index in [0.717, 1.165) is 0 Å². The Morgan fingerprint density at radius 1 is 1.47 bits per heavy atom. The SMILES string of the molecule is CC1CC(=O)Nc2cc(Cl)cc(Cl)c2O1. The smallest absolute Gasteiger partial charge is 0.228 e. The van der Waals surface area contributed by atoms with Gasteiger partial charge in [-0.05, 0) is 19.1 Å². The van der Waals surface area contributed by atoms with Crippen molar-refractivity contribution in [2.45, 2.75) is 19.4 Å². The quantitative estimate of drug-likeness (QED) is 0.763. The molecule has 1 heterocycles. The van der Waals surface area contributed by atoms with E-state index in [0.29, 0.717) is 27.9 Å². The summed E-state index contributed by atoms with van der Waals surface area (Å²) in [5, 5.41) is 3.58. The monoisotopic (exact) mass is 245 g/mol. The van der Waals surface area contributed by atoms with E-state index >= 15 is 0 Å². The number of nitrogens with one attached hydrogen (secondary N) is 1. The van der Waals surface area contributed by atoms with Crippen molar-refractivity contribution in [2.75, 3.05) is 5.32 Å². The van der Waals surface area contributed by atoms with Crippen molar-refractivity contribution in [2.24, 2.45) is 0 Å². The molecule has 1 aromatic rings. The van der Waals surface area contributed by atoms with Gasteiger partial charge in [0.25, 0.3) is 0 Å². The minimum atomic E-state index is -0.190. The molecule has 0 saturated carbocycles. The van der Waals surface area contributed by atoms with E-state index in [9.17, 15) is 4.79 Å². The van der Waals surface area contributed by atoms with Crippen LogP contribution in [0.5, 0.6) is 5.75 Å². The largest absolute Gasteiger partial charge is 0.486 e. The number of hydrogen-bond acceptors (Lipinski definition) is 2. The first-order valence-electron chi connectivity index (χ1n) is 4.52. The topological polar surface area (TPSA) is 38.3 Å². The molecule has 5 heteroatoms. The molecule has 1 aliphatic heterocycles. The molecule has 0 radical (unpaired) electrons. The molecule has 1 aliphatic rings. The van der Waals surface area contributed by atoms with Gasteiger partial charge in [-0.15, -0.1) is 0 Å². The zero-order valence-electron chi connectivity index (χ0n) is 8.01. The Morgan fingerprint density at radius 2 is 2.20 bits per heavy atom. The summed E-state index contributed by atoms with van der Waals surface area (Å²) >= 11 is 11.8. The molecule has 1 amide bonds. The highest BCUT2D eigenvalue weighted by atomic mass is 35.5. The molecule has 2 rings (SSSR count). The molecule has 1 unspecified atom stereocenters. The standard InChI is InChI=1S/C10H9Cl2NO2/c1-5-2-9(14)13-8-4-6(11)3-7(12)10(8)15-5/h3-5H,2H2,1H3,(H,13,14). The first-order valence-corrected chi connectivity index (χ1v) is 5.27. The normalized spacial score (nSPS) is 19.9. The van der Waals surface area contributed by atoms with Crippen LogP contribution in [0.4, 0.5) is 5.69 Å². The van der Waals surface area contributed by atoms with Crippen LogP contribution < -0.4 is 10.1 Å². The number of carbonyl (C=O) groups excluding carboxylic acids is 1. The van der Waals surface area contributed by atoms with Crippen molar-refractivity contribution in [3.8, 4) is 5.75 Å². The third-order valence-corrected chi connectivity index (χ3v) is 2.57. The lowest BCUT2D eigenvalue weighted by Crippen LogP contribution is -2.17. The zero-order chi connectivity index (χ0) is 11.0. The van der Waals surface area contributed by atoms with Gasteiger partial charge in [0.05, 0.1) is 17.1 Å². The third-order valence-electron chi connectivity index (χ3n) is 2.07. The van der Waals surface area contributed by atoms with Gasteiger partial charge in [-0.2, -0.15) is 0 Å². The molecule has 0 aliphatic carbocycles. The Labute approximate surface area is 97.3 Å². The summed E-state index contributed by atoms with van der Waals surface area (Å²) < 4.78 is 5.54. The lowest BCUT2D eigenvalue weighted by Gasteiger charge is -2.12. The van der Waals surface area contributed by atoms with E-state index in [1.807, 2.05) is 6.92 Å². The van der Waals surface area contributed by atoms with E-state index in [1.165, 1.54) is 0 Å². The second-order valence-electron chi connectivity index (χ2n) is 3.45. The van der Waals surface area contributed by atoms with Gasteiger partial charge in [-0.3, -0.25) is 4.79 Å².